The summed E-state index contributed by atoms with van der Waals surface area (Å²) in [6, 6.07) is 5.97. The van der Waals surface area contributed by atoms with Gasteiger partial charge >= 0.3 is 0 Å². The third-order valence-electron chi connectivity index (χ3n) is 6.75. The number of hydrogen-bond acceptors (Lipinski definition) is 7. The molecule has 2 aromatic heterocycles. The van der Waals surface area contributed by atoms with Gasteiger partial charge in [0, 0.05) is 50.2 Å². The van der Waals surface area contributed by atoms with Crippen LogP contribution in [0.15, 0.2) is 24.4 Å². The highest BCUT2D eigenvalue weighted by atomic mass is 16.5. The van der Waals surface area contributed by atoms with Crippen molar-refractivity contribution in [2.24, 2.45) is 0 Å². The maximum atomic E-state index is 13.4. The van der Waals surface area contributed by atoms with Crippen LogP contribution in [0.3, 0.4) is 0 Å². The molecule has 2 saturated heterocycles. The molecule has 2 fully saturated rings. The predicted octanol–water partition coefficient (Wildman–Crippen LogP) is 2.15. The molecular formula is C24H32N6O2. The van der Waals surface area contributed by atoms with Crippen molar-refractivity contribution in [3.8, 4) is 0 Å². The lowest BCUT2D eigenvalue weighted by molar-refractivity contribution is 0.0153. The first-order valence-corrected chi connectivity index (χ1v) is 12.0. The smallest absolute Gasteiger partial charge is 0.270 e. The minimum atomic E-state index is -0.0970. The van der Waals surface area contributed by atoms with E-state index in [9.17, 15) is 4.79 Å². The fourth-order valence-corrected chi connectivity index (χ4v) is 4.98. The third-order valence-corrected chi connectivity index (χ3v) is 6.75. The molecule has 3 aliphatic rings. The molecule has 1 unspecified atom stereocenters. The van der Waals surface area contributed by atoms with E-state index < -0.39 is 0 Å². The second kappa shape index (κ2) is 9.92. The van der Waals surface area contributed by atoms with Crippen molar-refractivity contribution >= 4 is 11.9 Å². The van der Waals surface area contributed by atoms with E-state index >= 15 is 0 Å². The zero-order chi connectivity index (χ0) is 21.8. The summed E-state index contributed by atoms with van der Waals surface area (Å²) in [4.78, 5) is 32.2. The molecular weight excluding hydrogens is 404 g/mol. The van der Waals surface area contributed by atoms with Crippen LogP contribution >= 0.6 is 0 Å². The molecule has 4 heterocycles. The number of nitrogens with one attached hydrogen (secondary N) is 1. The van der Waals surface area contributed by atoms with Gasteiger partial charge in [0.05, 0.1) is 24.9 Å². The summed E-state index contributed by atoms with van der Waals surface area (Å²) in [6.45, 7) is 5.51. The maximum Gasteiger partial charge on any atom is 0.270 e. The van der Waals surface area contributed by atoms with Gasteiger partial charge in [-0.1, -0.05) is 6.07 Å². The number of pyridine rings is 1. The standard InChI is InChI=1S/C24H32N6O2/c31-23(26-17-21(20-9-3-4-10-25-20)29-13-15-32-16-14-29)22-18-7-1-2-8-19(18)27-24(28-22)30-11-5-6-12-30/h3-4,9-10,21H,1-2,5-8,11-17H2,(H,26,31). The van der Waals surface area contributed by atoms with Crippen molar-refractivity contribution in [3.05, 3.63) is 47.0 Å². The lowest BCUT2D eigenvalue weighted by Gasteiger charge is -2.34. The van der Waals surface area contributed by atoms with Gasteiger partial charge in [0.1, 0.15) is 5.69 Å². The van der Waals surface area contributed by atoms with Crippen molar-refractivity contribution in [1.29, 1.82) is 0 Å². The van der Waals surface area contributed by atoms with Gasteiger partial charge in [0.25, 0.3) is 5.91 Å². The molecule has 5 rings (SSSR count). The minimum Gasteiger partial charge on any atom is -0.379 e. The van der Waals surface area contributed by atoms with Crippen molar-refractivity contribution < 1.29 is 9.53 Å². The lowest BCUT2D eigenvalue weighted by Crippen LogP contribution is -2.44. The number of aryl methyl sites for hydroxylation is 1. The molecule has 2 aliphatic heterocycles. The van der Waals surface area contributed by atoms with E-state index in [0.717, 1.165) is 87.6 Å². The normalized spacial score (nSPS) is 20.1. The first-order valence-electron chi connectivity index (χ1n) is 12.0. The molecule has 1 N–H and O–H groups in total. The summed E-state index contributed by atoms with van der Waals surface area (Å²) in [6.07, 6.45) is 8.16. The van der Waals surface area contributed by atoms with Crippen molar-refractivity contribution in [2.75, 3.05) is 50.8 Å². The van der Waals surface area contributed by atoms with Crippen LogP contribution in [-0.4, -0.2) is 71.7 Å². The number of fused-ring (bicyclic) bond motifs is 1. The zero-order valence-electron chi connectivity index (χ0n) is 18.6. The molecule has 170 valence electrons. The van der Waals surface area contributed by atoms with Gasteiger partial charge in [-0.05, 0) is 50.7 Å². The lowest BCUT2D eigenvalue weighted by atomic mass is 9.94. The average Bonchev–Trinajstić information content (AvgIpc) is 3.40. The SMILES string of the molecule is O=C(NCC(c1ccccn1)N1CCOCC1)c1nc(N2CCCC2)nc2c1CCCC2. The maximum absolute atomic E-state index is 13.4. The van der Waals surface area contributed by atoms with Gasteiger partial charge in [-0.3, -0.25) is 14.7 Å². The van der Waals surface area contributed by atoms with Gasteiger partial charge in [0.2, 0.25) is 5.95 Å². The molecule has 0 radical (unpaired) electrons. The van der Waals surface area contributed by atoms with Crippen LogP contribution in [0.2, 0.25) is 0 Å². The molecule has 8 nitrogen and oxygen atoms in total. The van der Waals surface area contributed by atoms with Crippen molar-refractivity contribution in [2.45, 2.75) is 44.6 Å². The average molecular weight is 437 g/mol. The number of carbonyl (C=O) groups excluding carboxylic acids is 1. The Morgan fingerprint density at radius 3 is 2.62 bits per heavy atom. The highest BCUT2D eigenvalue weighted by Gasteiger charge is 2.28. The molecule has 32 heavy (non-hydrogen) atoms. The Hall–Kier alpha value is -2.58. The number of nitrogens with zero attached hydrogens (tertiary/aromatic N) is 5. The number of carbonyl (C=O) groups is 1. The van der Waals surface area contributed by atoms with Crippen molar-refractivity contribution in [3.63, 3.8) is 0 Å². The van der Waals surface area contributed by atoms with E-state index in [1.807, 2.05) is 24.4 Å². The molecule has 0 bridgehead atoms. The van der Waals surface area contributed by atoms with Gasteiger partial charge in [-0.25, -0.2) is 9.97 Å². The van der Waals surface area contributed by atoms with Gasteiger partial charge in [-0.15, -0.1) is 0 Å². The molecule has 1 amide bonds. The monoisotopic (exact) mass is 436 g/mol. The number of morpholine rings is 1. The summed E-state index contributed by atoms with van der Waals surface area (Å²) < 4.78 is 5.53. The van der Waals surface area contributed by atoms with Gasteiger partial charge < -0.3 is 15.0 Å². The molecule has 8 heteroatoms. The van der Waals surface area contributed by atoms with E-state index in [2.05, 4.69) is 20.1 Å². The summed E-state index contributed by atoms with van der Waals surface area (Å²) in [5, 5.41) is 3.19. The zero-order valence-corrected chi connectivity index (χ0v) is 18.6. The topological polar surface area (TPSA) is 83.5 Å². The largest absolute Gasteiger partial charge is 0.379 e. The second-order valence-electron chi connectivity index (χ2n) is 8.83. The van der Waals surface area contributed by atoms with E-state index in [4.69, 9.17) is 14.7 Å². The van der Waals surface area contributed by atoms with E-state index in [1.165, 1.54) is 0 Å². The Labute approximate surface area is 189 Å². The Morgan fingerprint density at radius 1 is 1.03 bits per heavy atom. The number of rotatable bonds is 6. The van der Waals surface area contributed by atoms with E-state index in [-0.39, 0.29) is 11.9 Å². The summed E-state index contributed by atoms with van der Waals surface area (Å²) in [5.74, 6) is 0.628. The fourth-order valence-electron chi connectivity index (χ4n) is 4.98. The quantitative estimate of drug-likeness (QED) is 0.743. The van der Waals surface area contributed by atoms with Gasteiger partial charge in [-0.2, -0.15) is 0 Å². The van der Waals surface area contributed by atoms with Crippen molar-refractivity contribution in [1.82, 2.24) is 25.2 Å². The predicted molar refractivity (Wildman–Crippen MR) is 122 cm³/mol. The fraction of sp³-hybridized carbons (Fsp3) is 0.583. The first-order chi connectivity index (χ1) is 15.8. The number of aromatic nitrogens is 3. The molecule has 0 aromatic carbocycles. The third kappa shape index (κ3) is 4.61. The summed E-state index contributed by atoms with van der Waals surface area (Å²) in [5.41, 5.74) is 3.64. The Balaban J connectivity index is 1.37. The summed E-state index contributed by atoms with van der Waals surface area (Å²) in [7, 11) is 0. The van der Waals surface area contributed by atoms with E-state index in [0.29, 0.717) is 25.5 Å². The van der Waals surface area contributed by atoms with Crippen LogP contribution in [0.5, 0.6) is 0 Å². The number of ether oxygens (including phenoxy) is 1. The highest BCUT2D eigenvalue weighted by Crippen LogP contribution is 2.26. The Kier molecular flexibility index (Phi) is 6.59. The molecule has 2 aromatic rings. The van der Waals surface area contributed by atoms with E-state index in [1.54, 1.807) is 0 Å². The minimum absolute atomic E-state index is 0.0137. The Morgan fingerprint density at radius 2 is 1.84 bits per heavy atom. The number of hydrogen-bond donors (Lipinski definition) is 1. The highest BCUT2D eigenvalue weighted by molar-refractivity contribution is 5.94. The summed E-state index contributed by atoms with van der Waals surface area (Å²) >= 11 is 0. The van der Waals surface area contributed by atoms with Crippen LogP contribution in [0.4, 0.5) is 5.95 Å². The number of anilines is 1. The first kappa shape index (κ1) is 21.3. The van der Waals surface area contributed by atoms with Crippen LogP contribution in [-0.2, 0) is 17.6 Å². The molecule has 1 atom stereocenters. The van der Waals surface area contributed by atoms with Crippen LogP contribution < -0.4 is 10.2 Å². The van der Waals surface area contributed by atoms with Crippen LogP contribution in [0, 0.1) is 0 Å². The van der Waals surface area contributed by atoms with Crippen LogP contribution in [0.1, 0.15) is 59.2 Å². The Bertz CT molecular complexity index is 926. The second-order valence-corrected chi connectivity index (χ2v) is 8.83. The molecule has 0 saturated carbocycles. The van der Waals surface area contributed by atoms with Gasteiger partial charge in [0.15, 0.2) is 0 Å². The molecule has 1 aliphatic carbocycles. The molecule has 0 spiro atoms. The number of amides is 1. The van der Waals surface area contributed by atoms with Crippen LogP contribution in [0.25, 0.3) is 0 Å².